The number of nitrogens with one attached hydrogen (secondary N) is 1. The van der Waals surface area contributed by atoms with Crippen LogP contribution in [0, 0.1) is 0 Å². The Balaban J connectivity index is 0.00000441. The minimum absolute atomic E-state index is 0. The molecule has 0 radical (unpaired) electrons. The van der Waals surface area contributed by atoms with E-state index in [4.69, 9.17) is 4.74 Å². The maximum atomic E-state index is 5.38. The van der Waals surface area contributed by atoms with E-state index in [0.29, 0.717) is 11.6 Å². The average Bonchev–Trinajstić information content (AvgIpc) is 3.29. The molecule has 0 aromatic carbocycles. The van der Waals surface area contributed by atoms with Gasteiger partial charge in [-0.1, -0.05) is 78.6 Å². The average molecular weight is 378 g/mol. The van der Waals surface area contributed by atoms with Crippen LogP contribution in [-0.2, 0) is 4.74 Å². The third kappa shape index (κ3) is 10.2. The van der Waals surface area contributed by atoms with Crippen LogP contribution in [0.2, 0.25) is 0 Å². The van der Waals surface area contributed by atoms with Crippen molar-refractivity contribution in [3.05, 3.63) is 0 Å². The van der Waals surface area contributed by atoms with Crippen LogP contribution in [0.5, 0.6) is 0 Å². The summed E-state index contributed by atoms with van der Waals surface area (Å²) in [6.07, 6.45) is 17.0. The molecule has 22 heavy (non-hydrogen) atoms. The fourth-order valence-electron chi connectivity index (χ4n) is 3.53. The number of rotatable bonds is 15. The maximum absolute atomic E-state index is 5.38. The molecule has 1 aliphatic heterocycles. The second kappa shape index (κ2) is 13.8. The molecule has 0 amide bonds. The van der Waals surface area contributed by atoms with Gasteiger partial charge in [-0.25, -0.2) is 0 Å². The molecule has 3 heteroatoms. The first-order valence-electron chi connectivity index (χ1n) is 9.63. The fraction of sp³-hybridized carbons (Fsp3) is 1.00. The summed E-state index contributed by atoms with van der Waals surface area (Å²) in [6, 6.07) is 0. The van der Waals surface area contributed by atoms with Gasteiger partial charge in [-0.05, 0) is 19.3 Å². The fourth-order valence-corrected chi connectivity index (χ4v) is 3.53. The highest BCUT2D eigenvalue weighted by Crippen LogP contribution is 2.27. The van der Waals surface area contributed by atoms with Gasteiger partial charge >= 0.3 is 0 Å². The summed E-state index contributed by atoms with van der Waals surface area (Å²) in [5, 5.41) is 3.88. The van der Waals surface area contributed by atoms with Gasteiger partial charge in [-0.2, -0.15) is 0 Å². The SMILES string of the molecule is Br.CCCCCCCCCC(CCC)(CCC)NCC1CO1. The normalized spacial score (nSPS) is 17.3. The zero-order valence-electron chi connectivity index (χ0n) is 15.3. The summed E-state index contributed by atoms with van der Waals surface area (Å²) in [5.74, 6) is 0. The molecule has 2 nitrogen and oxygen atoms in total. The van der Waals surface area contributed by atoms with E-state index < -0.39 is 0 Å². The van der Waals surface area contributed by atoms with Crippen molar-refractivity contribution in [1.29, 1.82) is 0 Å². The van der Waals surface area contributed by atoms with Crippen LogP contribution in [0.3, 0.4) is 0 Å². The van der Waals surface area contributed by atoms with Gasteiger partial charge in [0.15, 0.2) is 0 Å². The highest BCUT2D eigenvalue weighted by Gasteiger charge is 2.31. The van der Waals surface area contributed by atoms with Crippen LogP contribution in [0.4, 0.5) is 0 Å². The Morgan fingerprint density at radius 2 is 1.36 bits per heavy atom. The Morgan fingerprint density at radius 1 is 0.818 bits per heavy atom. The molecule has 1 aliphatic rings. The van der Waals surface area contributed by atoms with E-state index in [-0.39, 0.29) is 17.0 Å². The second-order valence-electron chi connectivity index (χ2n) is 6.99. The molecule has 0 aromatic rings. The Hall–Kier alpha value is 0.400. The highest BCUT2D eigenvalue weighted by molar-refractivity contribution is 8.93. The Bertz CT molecular complexity index is 238. The van der Waals surface area contributed by atoms with Gasteiger partial charge in [-0.15, -0.1) is 17.0 Å². The van der Waals surface area contributed by atoms with Gasteiger partial charge < -0.3 is 10.1 Å². The molecule has 1 atom stereocenters. The molecule has 134 valence electrons. The molecule has 1 saturated heterocycles. The number of unbranched alkanes of at least 4 members (excludes halogenated alkanes) is 6. The zero-order chi connectivity index (χ0) is 15.4. The van der Waals surface area contributed by atoms with Crippen LogP contribution < -0.4 is 5.32 Å². The number of epoxide rings is 1. The van der Waals surface area contributed by atoms with Gasteiger partial charge in [-0.3, -0.25) is 0 Å². The Labute approximate surface area is 149 Å². The second-order valence-corrected chi connectivity index (χ2v) is 6.99. The van der Waals surface area contributed by atoms with Crippen LogP contribution in [0.1, 0.15) is 97.8 Å². The predicted molar refractivity (Wildman–Crippen MR) is 103 cm³/mol. The molecule has 1 fully saturated rings. The number of hydrogen-bond acceptors (Lipinski definition) is 2. The molecular formula is C19H40BrNO. The minimum atomic E-state index is 0. The molecular weight excluding hydrogens is 338 g/mol. The van der Waals surface area contributed by atoms with Gasteiger partial charge in [0, 0.05) is 12.1 Å². The third-order valence-electron chi connectivity index (χ3n) is 4.82. The molecule has 1 N–H and O–H groups in total. The third-order valence-corrected chi connectivity index (χ3v) is 4.82. The quantitative estimate of drug-likeness (QED) is 0.278. The monoisotopic (exact) mass is 377 g/mol. The van der Waals surface area contributed by atoms with Crippen molar-refractivity contribution in [3.63, 3.8) is 0 Å². The number of ether oxygens (including phenoxy) is 1. The van der Waals surface area contributed by atoms with Crippen LogP contribution >= 0.6 is 17.0 Å². The molecule has 0 aliphatic carbocycles. The zero-order valence-corrected chi connectivity index (χ0v) is 17.0. The largest absolute Gasteiger partial charge is 0.372 e. The maximum Gasteiger partial charge on any atom is 0.0934 e. The van der Waals surface area contributed by atoms with Crippen molar-refractivity contribution >= 4 is 17.0 Å². The first-order valence-corrected chi connectivity index (χ1v) is 9.63. The molecule has 0 bridgehead atoms. The van der Waals surface area contributed by atoms with E-state index in [1.165, 1.54) is 77.0 Å². The van der Waals surface area contributed by atoms with Crippen LogP contribution in [0.15, 0.2) is 0 Å². The molecule has 0 aromatic heterocycles. The summed E-state index contributed by atoms with van der Waals surface area (Å²) in [7, 11) is 0. The van der Waals surface area contributed by atoms with E-state index >= 15 is 0 Å². The van der Waals surface area contributed by atoms with E-state index in [0.717, 1.165) is 13.2 Å². The first kappa shape index (κ1) is 22.4. The summed E-state index contributed by atoms with van der Waals surface area (Å²) < 4.78 is 5.38. The lowest BCUT2D eigenvalue weighted by atomic mass is 9.83. The Kier molecular flexibility index (Phi) is 14.1. The lowest BCUT2D eigenvalue weighted by Crippen LogP contribution is -2.46. The van der Waals surface area contributed by atoms with Crippen LogP contribution in [-0.4, -0.2) is 24.8 Å². The minimum Gasteiger partial charge on any atom is -0.372 e. The summed E-state index contributed by atoms with van der Waals surface area (Å²) in [5.41, 5.74) is 0.388. The van der Waals surface area contributed by atoms with Gasteiger partial charge in [0.25, 0.3) is 0 Å². The van der Waals surface area contributed by atoms with Crippen molar-refractivity contribution in [2.24, 2.45) is 0 Å². The van der Waals surface area contributed by atoms with Crippen LogP contribution in [0.25, 0.3) is 0 Å². The van der Waals surface area contributed by atoms with Gasteiger partial charge in [0.2, 0.25) is 0 Å². The lowest BCUT2D eigenvalue weighted by molar-refractivity contribution is 0.237. The van der Waals surface area contributed by atoms with Crippen molar-refractivity contribution in [1.82, 2.24) is 5.32 Å². The summed E-state index contributed by atoms with van der Waals surface area (Å²) in [4.78, 5) is 0. The smallest absolute Gasteiger partial charge is 0.0934 e. The van der Waals surface area contributed by atoms with Crippen molar-refractivity contribution in [2.45, 2.75) is 109 Å². The standard InChI is InChI=1S/C19H39NO.BrH/c1-4-7-8-9-10-11-12-15-19(13-5-2,14-6-3)20-16-18-17-21-18;/h18,20H,4-17H2,1-3H3;1H. The molecule has 1 heterocycles. The van der Waals surface area contributed by atoms with Crippen molar-refractivity contribution < 1.29 is 4.74 Å². The predicted octanol–water partition coefficient (Wildman–Crippen LogP) is 6.03. The van der Waals surface area contributed by atoms with Gasteiger partial charge in [0.05, 0.1) is 12.7 Å². The van der Waals surface area contributed by atoms with Crippen molar-refractivity contribution in [3.8, 4) is 0 Å². The van der Waals surface area contributed by atoms with E-state index in [2.05, 4.69) is 26.1 Å². The lowest BCUT2D eigenvalue weighted by Gasteiger charge is -2.35. The highest BCUT2D eigenvalue weighted by atomic mass is 79.9. The van der Waals surface area contributed by atoms with Gasteiger partial charge in [0.1, 0.15) is 0 Å². The van der Waals surface area contributed by atoms with E-state index in [1.54, 1.807) is 0 Å². The summed E-state index contributed by atoms with van der Waals surface area (Å²) in [6.45, 7) is 8.98. The van der Waals surface area contributed by atoms with E-state index in [1.807, 2.05) is 0 Å². The molecule has 0 saturated carbocycles. The topological polar surface area (TPSA) is 24.6 Å². The molecule has 0 spiro atoms. The molecule has 1 rings (SSSR count). The summed E-state index contributed by atoms with van der Waals surface area (Å²) >= 11 is 0. The van der Waals surface area contributed by atoms with E-state index in [9.17, 15) is 0 Å². The molecule has 1 unspecified atom stereocenters. The first-order chi connectivity index (χ1) is 10.3. The number of hydrogen-bond donors (Lipinski definition) is 1. The number of halogens is 1. The Morgan fingerprint density at radius 3 is 1.86 bits per heavy atom. The van der Waals surface area contributed by atoms with Crippen molar-refractivity contribution in [2.75, 3.05) is 13.2 Å².